The number of hydrogen-bond donors (Lipinski definition) is 2. The Labute approximate surface area is 113 Å². The van der Waals surface area contributed by atoms with E-state index in [0.717, 1.165) is 5.56 Å². The third-order valence-electron chi connectivity index (χ3n) is 2.63. The predicted octanol–water partition coefficient (Wildman–Crippen LogP) is 2.32. The van der Waals surface area contributed by atoms with E-state index in [-0.39, 0.29) is 0 Å². The summed E-state index contributed by atoms with van der Waals surface area (Å²) in [5.41, 5.74) is 0.350. The summed E-state index contributed by atoms with van der Waals surface area (Å²) in [5, 5.41) is 11.6. The first-order valence-electron chi connectivity index (χ1n) is 6.07. The molecule has 1 atom stereocenters. The molecule has 0 saturated heterocycles. The van der Waals surface area contributed by atoms with Crippen LogP contribution in [-0.2, 0) is 9.59 Å². The van der Waals surface area contributed by atoms with Gasteiger partial charge >= 0.3 is 5.97 Å². The number of aliphatic carboxylic acids is 1. The first kappa shape index (κ1) is 15.0. The van der Waals surface area contributed by atoms with Crippen molar-refractivity contribution >= 4 is 18.0 Å². The number of carboxylic acid groups (broad SMARTS) is 1. The first-order valence-corrected chi connectivity index (χ1v) is 6.07. The van der Waals surface area contributed by atoms with Crippen molar-refractivity contribution in [2.24, 2.45) is 5.41 Å². The molecule has 0 aliphatic carbocycles. The molecule has 2 N–H and O–H groups in total. The van der Waals surface area contributed by atoms with Crippen LogP contribution in [0.2, 0.25) is 0 Å². The molecule has 1 aromatic rings. The Morgan fingerprint density at radius 1 is 1.21 bits per heavy atom. The summed E-state index contributed by atoms with van der Waals surface area (Å²) < 4.78 is 0. The second-order valence-corrected chi connectivity index (χ2v) is 5.39. The van der Waals surface area contributed by atoms with Crippen LogP contribution in [0.4, 0.5) is 0 Å². The Balaban J connectivity index is 2.69. The molecule has 102 valence electrons. The van der Waals surface area contributed by atoms with Crippen LogP contribution >= 0.6 is 0 Å². The molecule has 1 amide bonds. The SMILES string of the molecule is CC(C)(C)C(NC(=O)/C=C/c1ccccc1)C(=O)O. The molecule has 0 aliphatic heterocycles. The highest BCUT2D eigenvalue weighted by atomic mass is 16.4. The summed E-state index contributed by atoms with van der Waals surface area (Å²) in [5.74, 6) is -1.44. The van der Waals surface area contributed by atoms with Gasteiger partial charge in [0.1, 0.15) is 6.04 Å². The molecule has 0 bridgehead atoms. The summed E-state index contributed by atoms with van der Waals surface area (Å²) in [6.07, 6.45) is 2.99. The van der Waals surface area contributed by atoms with Gasteiger partial charge in [-0.3, -0.25) is 4.79 Å². The molecule has 0 spiro atoms. The lowest BCUT2D eigenvalue weighted by Gasteiger charge is -2.27. The Morgan fingerprint density at radius 3 is 2.26 bits per heavy atom. The molecular formula is C15H19NO3. The number of carbonyl (C=O) groups is 2. The van der Waals surface area contributed by atoms with Crippen LogP contribution in [-0.4, -0.2) is 23.0 Å². The molecule has 4 heteroatoms. The zero-order chi connectivity index (χ0) is 14.5. The first-order chi connectivity index (χ1) is 8.80. The van der Waals surface area contributed by atoms with E-state index in [9.17, 15) is 9.59 Å². The van der Waals surface area contributed by atoms with Crippen LogP contribution in [0, 0.1) is 5.41 Å². The van der Waals surface area contributed by atoms with Crippen LogP contribution in [0.15, 0.2) is 36.4 Å². The monoisotopic (exact) mass is 261 g/mol. The van der Waals surface area contributed by atoms with Crippen molar-refractivity contribution < 1.29 is 14.7 Å². The van der Waals surface area contributed by atoms with Gasteiger partial charge in [0, 0.05) is 6.08 Å². The minimum absolute atomic E-state index is 0.411. The third-order valence-corrected chi connectivity index (χ3v) is 2.63. The lowest BCUT2D eigenvalue weighted by atomic mass is 9.87. The Kier molecular flexibility index (Phi) is 4.87. The average Bonchev–Trinajstić information content (AvgIpc) is 2.33. The van der Waals surface area contributed by atoms with E-state index in [4.69, 9.17) is 5.11 Å². The molecule has 0 fully saturated rings. The van der Waals surface area contributed by atoms with E-state index < -0.39 is 23.3 Å². The maximum absolute atomic E-state index is 11.7. The van der Waals surface area contributed by atoms with E-state index in [1.165, 1.54) is 6.08 Å². The second-order valence-electron chi connectivity index (χ2n) is 5.39. The fourth-order valence-electron chi connectivity index (χ4n) is 1.58. The van der Waals surface area contributed by atoms with Gasteiger partial charge in [0.2, 0.25) is 5.91 Å². The minimum atomic E-state index is -1.03. The van der Waals surface area contributed by atoms with Gasteiger partial charge < -0.3 is 10.4 Å². The normalized spacial score (nSPS) is 13.2. The number of carboxylic acids is 1. The van der Waals surface area contributed by atoms with Gasteiger partial charge in [-0.25, -0.2) is 4.79 Å². The molecule has 0 heterocycles. The Morgan fingerprint density at radius 2 is 1.79 bits per heavy atom. The summed E-state index contributed by atoms with van der Waals surface area (Å²) in [6, 6.07) is 8.43. The fraction of sp³-hybridized carbons (Fsp3) is 0.333. The number of nitrogens with one attached hydrogen (secondary N) is 1. The van der Waals surface area contributed by atoms with Crippen LogP contribution in [0.3, 0.4) is 0 Å². The van der Waals surface area contributed by atoms with Crippen LogP contribution < -0.4 is 5.32 Å². The van der Waals surface area contributed by atoms with Crippen molar-refractivity contribution in [2.75, 3.05) is 0 Å². The minimum Gasteiger partial charge on any atom is -0.480 e. The Bertz CT molecular complexity index is 472. The van der Waals surface area contributed by atoms with E-state index in [2.05, 4.69) is 5.32 Å². The molecule has 0 radical (unpaired) electrons. The topological polar surface area (TPSA) is 66.4 Å². The maximum atomic E-state index is 11.7. The molecule has 1 rings (SSSR count). The van der Waals surface area contributed by atoms with Gasteiger partial charge in [-0.2, -0.15) is 0 Å². The van der Waals surface area contributed by atoms with Crippen molar-refractivity contribution in [3.63, 3.8) is 0 Å². The van der Waals surface area contributed by atoms with E-state index in [0.29, 0.717) is 0 Å². The van der Waals surface area contributed by atoms with Crippen molar-refractivity contribution in [3.05, 3.63) is 42.0 Å². The zero-order valence-electron chi connectivity index (χ0n) is 11.4. The largest absolute Gasteiger partial charge is 0.480 e. The highest BCUT2D eigenvalue weighted by molar-refractivity contribution is 5.94. The quantitative estimate of drug-likeness (QED) is 0.817. The second kappa shape index (κ2) is 6.18. The van der Waals surface area contributed by atoms with Crippen molar-refractivity contribution in [3.8, 4) is 0 Å². The van der Waals surface area contributed by atoms with Gasteiger partial charge in [0.15, 0.2) is 0 Å². The number of benzene rings is 1. The van der Waals surface area contributed by atoms with E-state index in [1.54, 1.807) is 26.8 Å². The molecular weight excluding hydrogens is 242 g/mol. The number of amides is 1. The summed E-state index contributed by atoms with van der Waals surface area (Å²) in [6.45, 7) is 5.31. The molecule has 0 aliphatic rings. The fourth-order valence-corrected chi connectivity index (χ4v) is 1.58. The van der Waals surface area contributed by atoms with Crippen LogP contribution in [0.25, 0.3) is 6.08 Å². The standard InChI is InChI=1S/C15H19NO3/c1-15(2,3)13(14(18)19)16-12(17)10-9-11-7-5-4-6-8-11/h4-10,13H,1-3H3,(H,16,17)(H,18,19)/b10-9+. The van der Waals surface area contributed by atoms with Crippen molar-refractivity contribution in [1.82, 2.24) is 5.32 Å². The zero-order valence-corrected chi connectivity index (χ0v) is 11.4. The number of hydrogen-bond acceptors (Lipinski definition) is 2. The highest BCUT2D eigenvalue weighted by Crippen LogP contribution is 2.19. The molecule has 1 aromatic carbocycles. The molecule has 1 unspecified atom stereocenters. The molecule has 0 aromatic heterocycles. The summed E-state index contributed by atoms with van der Waals surface area (Å²) >= 11 is 0. The van der Waals surface area contributed by atoms with Crippen LogP contribution in [0.1, 0.15) is 26.3 Å². The smallest absolute Gasteiger partial charge is 0.326 e. The predicted molar refractivity (Wildman–Crippen MR) is 74.5 cm³/mol. The van der Waals surface area contributed by atoms with E-state index in [1.807, 2.05) is 30.3 Å². The summed E-state index contributed by atoms with van der Waals surface area (Å²) in [4.78, 5) is 22.8. The maximum Gasteiger partial charge on any atom is 0.326 e. The number of carbonyl (C=O) groups excluding carboxylic acids is 1. The lowest BCUT2D eigenvalue weighted by molar-refractivity contribution is -0.144. The van der Waals surface area contributed by atoms with Crippen LogP contribution in [0.5, 0.6) is 0 Å². The molecule has 0 saturated carbocycles. The third kappa shape index (κ3) is 4.95. The van der Waals surface area contributed by atoms with Crippen molar-refractivity contribution in [1.29, 1.82) is 0 Å². The highest BCUT2D eigenvalue weighted by Gasteiger charge is 2.31. The number of rotatable bonds is 4. The van der Waals surface area contributed by atoms with Gasteiger partial charge in [-0.15, -0.1) is 0 Å². The van der Waals surface area contributed by atoms with Crippen molar-refractivity contribution in [2.45, 2.75) is 26.8 Å². The van der Waals surface area contributed by atoms with Gasteiger partial charge in [-0.05, 0) is 17.1 Å². The molecule has 4 nitrogen and oxygen atoms in total. The Hall–Kier alpha value is -2.10. The molecule has 19 heavy (non-hydrogen) atoms. The summed E-state index contributed by atoms with van der Waals surface area (Å²) in [7, 11) is 0. The van der Waals surface area contributed by atoms with E-state index >= 15 is 0 Å². The van der Waals surface area contributed by atoms with Gasteiger partial charge in [0.05, 0.1) is 0 Å². The van der Waals surface area contributed by atoms with Gasteiger partial charge in [0.25, 0.3) is 0 Å². The van der Waals surface area contributed by atoms with Gasteiger partial charge in [-0.1, -0.05) is 51.1 Å². The lowest BCUT2D eigenvalue weighted by Crippen LogP contribution is -2.48. The average molecular weight is 261 g/mol.